The van der Waals surface area contributed by atoms with Crippen LogP contribution >= 0.6 is 0 Å². The van der Waals surface area contributed by atoms with Gasteiger partial charge in [-0.15, -0.1) is 0 Å². The second kappa shape index (κ2) is 11.3. The van der Waals surface area contributed by atoms with Gasteiger partial charge >= 0.3 is 0 Å². The van der Waals surface area contributed by atoms with E-state index in [1.807, 2.05) is 48.5 Å². The SMILES string of the molecule is CC(C)c1ccc(NC(=O)/C(C#N)=C/c2ccccc2OCC(=O)Nc2ccccc2)cc1. The van der Waals surface area contributed by atoms with Crippen LogP contribution in [0.2, 0.25) is 0 Å². The van der Waals surface area contributed by atoms with Gasteiger partial charge in [-0.1, -0.05) is 62.4 Å². The van der Waals surface area contributed by atoms with Crippen molar-refractivity contribution in [3.05, 3.63) is 95.6 Å². The Kier molecular flexibility index (Phi) is 7.98. The number of amides is 2. The molecule has 0 unspecified atom stereocenters. The van der Waals surface area contributed by atoms with Crippen LogP contribution < -0.4 is 15.4 Å². The third kappa shape index (κ3) is 6.81. The molecule has 0 spiro atoms. The van der Waals surface area contributed by atoms with E-state index in [0.717, 1.165) is 5.56 Å². The third-order valence-corrected chi connectivity index (χ3v) is 4.84. The molecular formula is C27H25N3O3. The maximum Gasteiger partial charge on any atom is 0.266 e. The van der Waals surface area contributed by atoms with Crippen molar-refractivity contribution in [2.24, 2.45) is 0 Å². The van der Waals surface area contributed by atoms with Gasteiger partial charge in [0, 0.05) is 16.9 Å². The lowest BCUT2D eigenvalue weighted by atomic mass is 10.0. The van der Waals surface area contributed by atoms with Gasteiger partial charge in [-0.05, 0) is 47.9 Å². The highest BCUT2D eigenvalue weighted by Crippen LogP contribution is 2.22. The van der Waals surface area contributed by atoms with Crippen LogP contribution in [0.3, 0.4) is 0 Å². The number of benzene rings is 3. The summed E-state index contributed by atoms with van der Waals surface area (Å²) < 4.78 is 5.65. The Bertz CT molecular complexity index is 1180. The van der Waals surface area contributed by atoms with E-state index in [0.29, 0.717) is 28.6 Å². The summed E-state index contributed by atoms with van der Waals surface area (Å²) in [6.45, 7) is 3.97. The highest BCUT2D eigenvalue weighted by molar-refractivity contribution is 6.09. The van der Waals surface area contributed by atoms with Crippen LogP contribution in [-0.4, -0.2) is 18.4 Å². The highest BCUT2D eigenvalue weighted by Gasteiger charge is 2.12. The van der Waals surface area contributed by atoms with E-state index in [2.05, 4.69) is 24.5 Å². The van der Waals surface area contributed by atoms with Crippen LogP contribution in [0.15, 0.2) is 84.4 Å². The monoisotopic (exact) mass is 439 g/mol. The molecule has 6 nitrogen and oxygen atoms in total. The van der Waals surface area contributed by atoms with E-state index in [9.17, 15) is 14.9 Å². The number of carbonyl (C=O) groups is 2. The minimum Gasteiger partial charge on any atom is -0.483 e. The predicted octanol–water partition coefficient (Wildman–Crippen LogP) is 5.37. The Balaban J connectivity index is 1.68. The number of ether oxygens (including phenoxy) is 1. The molecule has 0 radical (unpaired) electrons. The molecule has 0 saturated carbocycles. The molecule has 2 N–H and O–H groups in total. The number of para-hydroxylation sites is 2. The summed E-state index contributed by atoms with van der Waals surface area (Å²) in [5.41, 5.74) is 2.88. The topological polar surface area (TPSA) is 91.2 Å². The average molecular weight is 440 g/mol. The van der Waals surface area contributed by atoms with E-state index >= 15 is 0 Å². The Morgan fingerprint density at radius 3 is 2.21 bits per heavy atom. The summed E-state index contributed by atoms with van der Waals surface area (Å²) in [5, 5.41) is 15.0. The number of hydrogen-bond acceptors (Lipinski definition) is 4. The second-order valence-corrected chi connectivity index (χ2v) is 7.64. The Morgan fingerprint density at radius 2 is 1.55 bits per heavy atom. The third-order valence-electron chi connectivity index (χ3n) is 4.84. The number of nitrogens with zero attached hydrogens (tertiary/aromatic N) is 1. The molecule has 0 fully saturated rings. The van der Waals surface area contributed by atoms with Crippen molar-refractivity contribution in [1.29, 1.82) is 5.26 Å². The van der Waals surface area contributed by atoms with E-state index < -0.39 is 5.91 Å². The second-order valence-electron chi connectivity index (χ2n) is 7.64. The van der Waals surface area contributed by atoms with Crippen molar-refractivity contribution >= 4 is 29.3 Å². The maximum absolute atomic E-state index is 12.6. The molecular weight excluding hydrogens is 414 g/mol. The standard InChI is InChI=1S/C27H25N3O3/c1-19(2)20-12-14-24(15-13-20)30-27(32)22(17-28)16-21-8-6-7-11-25(21)33-18-26(31)29-23-9-4-3-5-10-23/h3-16,19H,18H2,1-2H3,(H,29,31)(H,30,32)/b22-16+. The predicted molar refractivity (Wildman–Crippen MR) is 130 cm³/mol. The van der Waals surface area contributed by atoms with Crippen molar-refractivity contribution in [2.75, 3.05) is 17.2 Å². The van der Waals surface area contributed by atoms with Crippen LogP contribution in [0.1, 0.15) is 30.9 Å². The molecule has 0 aliphatic heterocycles. The van der Waals surface area contributed by atoms with Crippen LogP contribution in [-0.2, 0) is 9.59 Å². The molecule has 3 aromatic rings. The molecule has 3 aromatic carbocycles. The van der Waals surface area contributed by atoms with Crippen molar-refractivity contribution in [1.82, 2.24) is 0 Å². The molecule has 0 bridgehead atoms. The van der Waals surface area contributed by atoms with Crippen LogP contribution in [0.4, 0.5) is 11.4 Å². The first-order chi connectivity index (χ1) is 16.0. The summed E-state index contributed by atoms with van der Waals surface area (Å²) in [7, 11) is 0. The normalized spacial score (nSPS) is 10.9. The first kappa shape index (κ1) is 23.3. The fourth-order valence-electron chi connectivity index (χ4n) is 3.05. The van der Waals surface area contributed by atoms with Gasteiger partial charge in [0.15, 0.2) is 6.61 Å². The quantitative estimate of drug-likeness (QED) is 0.364. The summed E-state index contributed by atoms with van der Waals surface area (Å²) in [6, 6.07) is 25.4. The fourth-order valence-corrected chi connectivity index (χ4v) is 3.05. The van der Waals surface area contributed by atoms with Gasteiger partial charge < -0.3 is 15.4 Å². The smallest absolute Gasteiger partial charge is 0.266 e. The van der Waals surface area contributed by atoms with Crippen LogP contribution in [0.5, 0.6) is 5.75 Å². The molecule has 0 aliphatic carbocycles. The fraction of sp³-hybridized carbons (Fsp3) is 0.148. The van der Waals surface area contributed by atoms with Gasteiger partial charge in [0.25, 0.3) is 11.8 Å². The highest BCUT2D eigenvalue weighted by atomic mass is 16.5. The zero-order chi connectivity index (χ0) is 23.6. The van der Waals surface area contributed by atoms with Gasteiger partial charge in [-0.25, -0.2) is 0 Å². The maximum atomic E-state index is 12.6. The zero-order valence-electron chi connectivity index (χ0n) is 18.5. The molecule has 33 heavy (non-hydrogen) atoms. The zero-order valence-corrected chi connectivity index (χ0v) is 18.5. The summed E-state index contributed by atoms with van der Waals surface area (Å²) in [4.78, 5) is 24.8. The van der Waals surface area contributed by atoms with Gasteiger partial charge in [0.1, 0.15) is 17.4 Å². The molecule has 166 valence electrons. The summed E-state index contributed by atoms with van der Waals surface area (Å²) >= 11 is 0. The van der Waals surface area contributed by atoms with E-state index in [1.54, 1.807) is 36.4 Å². The van der Waals surface area contributed by atoms with Gasteiger partial charge in [-0.2, -0.15) is 5.26 Å². The lowest BCUT2D eigenvalue weighted by Gasteiger charge is -2.11. The largest absolute Gasteiger partial charge is 0.483 e. The summed E-state index contributed by atoms with van der Waals surface area (Å²) in [5.74, 6) is -0.0624. The Labute approximate surface area is 193 Å². The molecule has 6 heteroatoms. The molecule has 0 saturated heterocycles. The van der Waals surface area contributed by atoms with Crippen molar-refractivity contribution in [2.45, 2.75) is 19.8 Å². The number of carbonyl (C=O) groups excluding carboxylic acids is 2. The number of nitrogens with one attached hydrogen (secondary N) is 2. The van der Waals surface area contributed by atoms with Gasteiger partial charge in [-0.3, -0.25) is 9.59 Å². The Morgan fingerprint density at radius 1 is 0.909 bits per heavy atom. The number of nitriles is 1. The summed E-state index contributed by atoms with van der Waals surface area (Å²) in [6.07, 6.45) is 1.45. The van der Waals surface area contributed by atoms with Crippen LogP contribution in [0, 0.1) is 11.3 Å². The van der Waals surface area contributed by atoms with E-state index in [-0.39, 0.29) is 18.1 Å². The molecule has 3 rings (SSSR count). The molecule has 0 heterocycles. The molecule has 0 aromatic heterocycles. The minimum absolute atomic E-state index is 0.0762. The number of rotatable bonds is 8. The van der Waals surface area contributed by atoms with Gasteiger partial charge in [0.05, 0.1) is 0 Å². The van der Waals surface area contributed by atoms with Crippen LogP contribution in [0.25, 0.3) is 6.08 Å². The first-order valence-corrected chi connectivity index (χ1v) is 10.6. The molecule has 0 atom stereocenters. The van der Waals surface area contributed by atoms with Gasteiger partial charge in [0.2, 0.25) is 0 Å². The molecule has 0 aliphatic rings. The van der Waals surface area contributed by atoms with Crippen molar-refractivity contribution in [3.8, 4) is 11.8 Å². The number of hydrogen-bond donors (Lipinski definition) is 2. The van der Waals surface area contributed by atoms with Crippen molar-refractivity contribution in [3.63, 3.8) is 0 Å². The van der Waals surface area contributed by atoms with Crippen molar-refractivity contribution < 1.29 is 14.3 Å². The Hall–Kier alpha value is -4.37. The average Bonchev–Trinajstić information content (AvgIpc) is 2.82. The minimum atomic E-state index is -0.522. The molecule has 2 amide bonds. The van der Waals surface area contributed by atoms with E-state index in [4.69, 9.17) is 4.74 Å². The lowest BCUT2D eigenvalue weighted by Crippen LogP contribution is -2.20. The first-order valence-electron chi connectivity index (χ1n) is 10.6. The lowest BCUT2D eigenvalue weighted by molar-refractivity contribution is -0.118. The number of anilines is 2. The van der Waals surface area contributed by atoms with E-state index in [1.165, 1.54) is 6.08 Å².